The molecule has 0 aromatic heterocycles. The lowest BCUT2D eigenvalue weighted by molar-refractivity contribution is -0.126. The van der Waals surface area contributed by atoms with Crippen LogP contribution in [0, 0.1) is 11.7 Å². The Morgan fingerprint density at radius 1 is 1.00 bits per heavy atom. The van der Waals surface area contributed by atoms with Gasteiger partial charge in [-0.25, -0.2) is 4.39 Å². The Morgan fingerprint density at radius 2 is 1.66 bits per heavy atom. The summed E-state index contributed by atoms with van der Waals surface area (Å²) in [4.78, 5) is 37.1. The van der Waals surface area contributed by atoms with E-state index in [2.05, 4.69) is 16.0 Å². The Labute approximate surface area is 169 Å². The van der Waals surface area contributed by atoms with Crippen molar-refractivity contribution in [3.63, 3.8) is 0 Å². The van der Waals surface area contributed by atoms with Gasteiger partial charge in [0.05, 0.1) is 6.54 Å². The molecule has 7 heteroatoms. The van der Waals surface area contributed by atoms with Gasteiger partial charge in [-0.05, 0) is 48.2 Å². The Balaban J connectivity index is 1.94. The zero-order valence-electron chi connectivity index (χ0n) is 16.8. The monoisotopic (exact) mass is 399 g/mol. The van der Waals surface area contributed by atoms with Gasteiger partial charge >= 0.3 is 0 Å². The highest BCUT2D eigenvalue weighted by molar-refractivity contribution is 5.99. The van der Waals surface area contributed by atoms with Gasteiger partial charge in [0.25, 0.3) is 5.91 Å². The van der Waals surface area contributed by atoms with Crippen molar-refractivity contribution < 1.29 is 18.8 Å². The molecular formula is C22H26FN3O3. The number of carbonyl (C=O) groups excluding carboxylic acids is 3. The molecule has 0 aliphatic rings. The normalized spacial score (nSPS) is 11.6. The van der Waals surface area contributed by atoms with Gasteiger partial charge in [0, 0.05) is 11.3 Å². The summed E-state index contributed by atoms with van der Waals surface area (Å²) < 4.78 is 13.0. The van der Waals surface area contributed by atoms with Crippen molar-refractivity contribution in [2.75, 3.05) is 11.9 Å². The van der Waals surface area contributed by atoms with E-state index in [1.54, 1.807) is 19.9 Å². The highest BCUT2D eigenvalue weighted by Crippen LogP contribution is 2.15. The first-order chi connectivity index (χ1) is 13.8. The van der Waals surface area contributed by atoms with Crippen molar-refractivity contribution in [3.05, 3.63) is 65.5 Å². The molecule has 0 aliphatic carbocycles. The lowest BCUT2D eigenvalue weighted by atomic mass is 10.0. The second-order valence-corrected chi connectivity index (χ2v) is 6.98. The van der Waals surface area contributed by atoms with Crippen LogP contribution in [0.2, 0.25) is 0 Å². The molecule has 0 spiro atoms. The topological polar surface area (TPSA) is 87.3 Å². The Hall–Kier alpha value is -3.22. The Kier molecular flexibility index (Phi) is 7.88. The number of para-hydroxylation sites is 1. The molecule has 0 saturated carbocycles. The summed E-state index contributed by atoms with van der Waals surface area (Å²) >= 11 is 0. The number of carbonyl (C=O) groups is 3. The summed E-state index contributed by atoms with van der Waals surface area (Å²) in [6.07, 6.45) is 0.771. The average molecular weight is 399 g/mol. The average Bonchev–Trinajstić information content (AvgIpc) is 2.70. The number of anilines is 1. The summed E-state index contributed by atoms with van der Waals surface area (Å²) in [5.41, 5.74) is 1.96. The second kappa shape index (κ2) is 10.4. The second-order valence-electron chi connectivity index (χ2n) is 6.98. The molecular weight excluding hydrogens is 373 g/mol. The molecule has 2 aromatic carbocycles. The van der Waals surface area contributed by atoms with Crippen LogP contribution >= 0.6 is 0 Å². The molecule has 0 unspecified atom stereocenters. The molecule has 2 aromatic rings. The number of rotatable bonds is 8. The van der Waals surface area contributed by atoms with Gasteiger partial charge in [-0.3, -0.25) is 14.4 Å². The molecule has 3 N–H and O–H groups in total. The Morgan fingerprint density at radius 3 is 2.28 bits per heavy atom. The number of aryl methyl sites for hydroxylation is 1. The molecule has 0 saturated heterocycles. The standard InChI is InChI=1S/C22H26FN3O3/c1-4-15-7-5-6-8-18(15)25-19(27)13-24-22(29)20(14(2)3)26-21(28)16-9-11-17(23)12-10-16/h5-12,14,20H,4,13H2,1-3H3,(H,24,29)(H,25,27)(H,26,28)/t20-/m0/s1. The van der Waals surface area contributed by atoms with Crippen molar-refractivity contribution in [2.24, 2.45) is 5.92 Å². The fourth-order valence-electron chi connectivity index (χ4n) is 2.78. The van der Waals surface area contributed by atoms with Crippen LogP contribution in [0.25, 0.3) is 0 Å². The summed E-state index contributed by atoms with van der Waals surface area (Å²) in [6, 6.07) is 11.7. The minimum atomic E-state index is -0.830. The number of nitrogens with one attached hydrogen (secondary N) is 3. The minimum absolute atomic E-state index is 0.205. The van der Waals surface area contributed by atoms with Gasteiger partial charge in [-0.1, -0.05) is 39.0 Å². The summed E-state index contributed by atoms with van der Waals surface area (Å²) in [6.45, 7) is 5.34. The molecule has 3 amide bonds. The molecule has 29 heavy (non-hydrogen) atoms. The van der Waals surface area contributed by atoms with Crippen LogP contribution in [-0.2, 0) is 16.0 Å². The van der Waals surface area contributed by atoms with E-state index < -0.39 is 23.7 Å². The van der Waals surface area contributed by atoms with E-state index in [9.17, 15) is 18.8 Å². The van der Waals surface area contributed by atoms with Crippen LogP contribution in [0.1, 0.15) is 36.7 Å². The molecule has 154 valence electrons. The zero-order valence-corrected chi connectivity index (χ0v) is 16.8. The lowest BCUT2D eigenvalue weighted by Gasteiger charge is -2.21. The van der Waals surface area contributed by atoms with Crippen molar-refractivity contribution in [3.8, 4) is 0 Å². The first-order valence-corrected chi connectivity index (χ1v) is 9.53. The fraction of sp³-hybridized carbons (Fsp3) is 0.318. The predicted molar refractivity (Wildman–Crippen MR) is 110 cm³/mol. The number of benzene rings is 2. The van der Waals surface area contributed by atoms with Crippen LogP contribution < -0.4 is 16.0 Å². The third-order valence-corrected chi connectivity index (χ3v) is 4.44. The molecule has 2 rings (SSSR count). The maximum absolute atomic E-state index is 13.0. The SMILES string of the molecule is CCc1ccccc1NC(=O)CNC(=O)[C@@H](NC(=O)c1ccc(F)cc1)C(C)C. The summed E-state index contributed by atoms with van der Waals surface area (Å²) in [5.74, 6) is -1.96. The van der Waals surface area contributed by atoms with Gasteiger partial charge in [-0.15, -0.1) is 0 Å². The maximum Gasteiger partial charge on any atom is 0.251 e. The molecule has 0 bridgehead atoms. The van der Waals surface area contributed by atoms with Crippen molar-refractivity contribution in [1.29, 1.82) is 0 Å². The fourth-order valence-corrected chi connectivity index (χ4v) is 2.78. The van der Waals surface area contributed by atoms with Crippen molar-refractivity contribution in [2.45, 2.75) is 33.2 Å². The lowest BCUT2D eigenvalue weighted by Crippen LogP contribution is -2.51. The van der Waals surface area contributed by atoms with Gasteiger partial charge in [0.2, 0.25) is 11.8 Å². The molecule has 0 heterocycles. The minimum Gasteiger partial charge on any atom is -0.345 e. The van der Waals surface area contributed by atoms with Gasteiger partial charge < -0.3 is 16.0 Å². The van der Waals surface area contributed by atoms with E-state index in [0.29, 0.717) is 5.69 Å². The van der Waals surface area contributed by atoms with Crippen molar-refractivity contribution >= 4 is 23.4 Å². The first kappa shape index (κ1) is 22.1. The van der Waals surface area contributed by atoms with Crippen LogP contribution in [0.15, 0.2) is 48.5 Å². The van der Waals surface area contributed by atoms with E-state index in [1.165, 1.54) is 24.3 Å². The zero-order chi connectivity index (χ0) is 21.4. The number of hydrogen-bond acceptors (Lipinski definition) is 3. The van der Waals surface area contributed by atoms with E-state index in [-0.39, 0.29) is 23.9 Å². The molecule has 0 fully saturated rings. The quantitative estimate of drug-likeness (QED) is 0.638. The molecule has 0 aliphatic heterocycles. The van der Waals surface area contributed by atoms with Crippen LogP contribution in [0.3, 0.4) is 0 Å². The first-order valence-electron chi connectivity index (χ1n) is 9.53. The van der Waals surface area contributed by atoms with Gasteiger partial charge in [0.15, 0.2) is 0 Å². The molecule has 0 radical (unpaired) electrons. The van der Waals surface area contributed by atoms with Crippen molar-refractivity contribution in [1.82, 2.24) is 10.6 Å². The van der Waals surface area contributed by atoms with E-state index in [1.807, 2.05) is 25.1 Å². The van der Waals surface area contributed by atoms with Crippen LogP contribution in [0.4, 0.5) is 10.1 Å². The highest BCUT2D eigenvalue weighted by atomic mass is 19.1. The van der Waals surface area contributed by atoms with Gasteiger partial charge in [0.1, 0.15) is 11.9 Å². The number of hydrogen-bond donors (Lipinski definition) is 3. The van der Waals surface area contributed by atoms with Crippen LogP contribution in [-0.4, -0.2) is 30.3 Å². The third-order valence-electron chi connectivity index (χ3n) is 4.44. The summed E-state index contributed by atoms with van der Waals surface area (Å²) in [5, 5.41) is 7.98. The molecule has 6 nitrogen and oxygen atoms in total. The number of halogens is 1. The highest BCUT2D eigenvalue weighted by Gasteiger charge is 2.25. The Bertz CT molecular complexity index is 866. The smallest absolute Gasteiger partial charge is 0.251 e. The maximum atomic E-state index is 13.0. The largest absolute Gasteiger partial charge is 0.345 e. The van der Waals surface area contributed by atoms with E-state index in [0.717, 1.165) is 12.0 Å². The number of amides is 3. The van der Waals surface area contributed by atoms with Gasteiger partial charge in [-0.2, -0.15) is 0 Å². The summed E-state index contributed by atoms with van der Waals surface area (Å²) in [7, 11) is 0. The van der Waals surface area contributed by atoms with Crippen LogP contribution in [0.5, 0.6) is 0 Å². The molecule has 1 atom stereocenters. The van der Waals surface area contributed by atoms with E-state index >= 15 is 0 Å². The van der Waals surface area contributed by atoms with E-state index in [4.69, 9.17) is 0 Å². The predicted octanol–water partition coefficient (Wildman–Crippen LogP) is 2.90. The third kappa shape index (κ3) is 6.41.